The molecule has 114 valence electrons. The van der Waals surface area contributed by atoms with Gasteiger partial charge in [0.2, 0.25) is 0 Å². The first-order valence-electron chi connectivity index (χ1n) is 6.02. The van der Waals surface area contributed by atoms with Gasteiger partial charge in [0.05, 0.1) is 27.3 Å². The summed E-state index contributed by atoms with van der Waals surface area (Å²) in [5.74, 6) is 0.323. The van der Waals surface area contributed by atoms with Crippen LogP contribution in [-0.4, -0.2) is 33.6 Å². The van der Waals surface area contributed by atoms with Gasteiger partial charge in [-0.25, -0.2) is 4.98 Å². The number of aromatic amines is 1. The molecule has 1 aromatic heterocycles. The number of fused-ring (bicyclic) bond motifs is 1. The number of nitro benzene ring substituents is 1. The molecule has 2 rings (SSSR count). The molecule has 0 saturated heterocycles. The van der Waals surface area contributed by atoms with E-state index in [1.54, 1.807) is 6.07 Å². The van der Waals surface area contributed by atoms with Crippen LogP contribution in [0.5, 0.6) is 0 Å². The van der Waals surface area contributed by atoms with Gasteiger partial charge >= 0.3 is 0 Å². The van der Waals surface area contributed by atoms with E-state index in [1.165, 1.54) is 6.07 Å². The lowest BCUT2D eigenvalue weighted by atomic mass is 10.1. The van der Waals surface area contributed by atoms with Crippen LogP contribution in [0, 0.1) is 10.1 Å². The van der Waals surface area contributed by atoms with Crippen molar-refractivity contribution in [2.75, 3.05) is 5.75 Å². The number of aryl methyl sites for hydroxylation is 1. The van der Waals surface area contributed by atoms with Gasteiger partial charge in [-0.1, -0.05) is 0 Å². The fourth-order valence-electron chi connectivity index (χ4n) is 2.04. The van der Waals surface area contributed by atoms with Crippen LogP contribution in [0.25, 0.3) is 11.0 Å². The van der Waals surface area contributed by atoms with Crippen LogP contribution >= 0.6 is 12.6 Å². The van der Waals surface area contributed by atoms with Crippen LogP contribution < -0.4 is 0 Å². The maximum atomic E-state index is 11.0. The molecule has 0 aliphatic rings. The molecule has 1 heterocycles. The Labute approximate surface area is 125 Å². The predicted molar refractivity (Wildman–Crippen MR) is 80.2 cm³/mol. The van der Waals surface area contributed by atoms with Crippen molar-refractivity contribution in [2.24, 2.45) is 0 Å². The number of hydrogen-bond donors (Lipinski definition) is 3. The van der Waals surface area contributed by atoms with Crippen LogP contribution in [0.3, 0.4) is 0 Å². The molecule has 0 aliphatic carbocycles. The molecule has 0 radical (unpaired) electrons. The number of thiol groups is 1. The van der Waals surface area contributed by atoms with Crippen LogP contribution in [0.1, 0.15) is 17.8 Å². The number of aromatic nitrogens is 2. The van der Waals surface area contributed by atoms with Gasteiger partial charge in [0.1, 0.15) is 5.82 Å². The van der Waals surface area contributed by atoms with Gasteiger partial charge in [-0.05, 0) is 12.5 Å². The second-order valence-corrected chi connectivity index (χ2v) is 6.34. The molecule has 2 N–H and O–H groups in total. The van der Waals surface area contributed by atoms with E-state index in [2.05, 4.69) is 22.6 Å². The highest BCUT2D eigenvalue weighted by Gasteiger charge is 2.18. The summed E-state index contributed by atoms with van der Waals surface area (Å²) in [6, 6.07) is 2.94. The molecule has 8 nitrogen and oxygen atoms in total. The fraction of sp³-hybridized carbons (Fsp3) is 0.364. The fourth-order valence-corrected chi connectivity index (χ4v) is 2.86. The number of benzene rings is 1. The largest absolute Gasteiger partial charge is 0.342 e. The molecule has 21 heavy (non-hydrogen) atoms. The van der Waals surface area contributed by atoms with E-state index in [-0.39, 0.29) is 23.6 Å². The average molecular weight is 331 g/mol. The van der Waals surface area contributed by atoms with Crippen LogP contribution in [0.4, 0.5) is 5.69 Å². The highest BCUT2D eigenvalue weighted by atomic mass is 32.2. The lowest BCUT2D eigenvalue weighted by Crippen LogP contribution is -2.05. The van der Waals surface area contributed by atoms with Crippen LogP contribution in [0.15, 0.2) is 12.1 Å². The smallest absolute Gasteiger partial charge is 0.275 e. The SMILES string of the molecule is O=[N+]([O-])c1ccc2[nH]c(CCCS(=O)(=O)O)nc2c1CS. The zero-order valence-corrected chi connectivity index (χ0v) is 12.5. The lowest BCUT2D eigenvalue weighted by Gasteiger charge is -1.99. The summed E-state index contributed by atoms with van der Waals surface area (Å²) in [7, 11) is -4.00. The van der Waals surface area contributed by atoms with E-state index >= 15 is 0 Å². The van der Waals surface area contributed by atoms with Gasteiger partial charge in [0.25, 0.3) is 15.8 Å². The Morgan fingerprint density at radius 3 is 2.71 bits per heavy atom. The van der Waals surface area contributed by atoms with Crippen molar-refractivity contribution in [1.82, 2.24) is 9.97 Å². The predicted octanol–water partition coefficient (Wildman–Crippen LogP) is 1.72. The third-order valence-electron chi connectivity index (χ3n) is 2.95. The summed E-state index contributed by atoms with van der Waals surface area (Å²) in [6.45, 7) is 0. The van der Waals surface area contributed by atoms with Gasteiger partial charge in [0, 0.05) is 18.2 Å². The highest BCUT2D eigenvalue weighted by Crippen LogP contribution is 2.28. The third-order valence-corrected chi connectivity index (χ3v) is 4.08. The molecule has 10 heteroatoms. The summed E-state index contributed by atoms with van der Waals surface area (Å²) in [6.07, 6.45) is 0.519. The van der Waals surface area contributed by atoms with Gasteiger partial charge in [-0.3, -0.25) is 14.7 Å². The highest BCUT2D eigenvalue weighted by molar-refractivity contribution is 7.85. The maximum absolute atomic E-state index is 11.0. The zero-order valence-electron chi connectivity index (χ0n) is 10.8. The third kappa shape index (κ3) is 3.71. The van der Waals surface area contributed by atoms with Crippen molar-refractivity contribution in [3.8, 4) is 0 Å². The molecule has 0 spiro atoms. The first kappa shape index (κ1) is 15.7. The van der Waals surface area contributed by atoms with Gasteiger partial charge in [-0.15, -0.1) is 0 Å². The molecule has 0 aliphatic heterocycles. The molecule has 0 saturated carbocycles. The zero-order chi connectivity index (χ0) is 15.6. The van der Waals surface area contributed by atoms with Crippen molar-refractivity contribution in [3.63, 3.8) is 0 Å². The number of nitrogens with zero attached hydrogens (tertiary/aromatic N) is 2. The normalized spacial score (nSPS) is 11.9. The van der Waals surface area contributed by atoms with Gasteiger partial charge in [0.15, 0.2) is 0 Å². The van der Waals surface area contributed by atoms with E-state index < -0.39 is 15.0 Å². The van der Waals surface area contributed by atoms with E-state index in [4.69, 9.17) is 4.55 Å². The minimum atomic E-state index is -4.00. The number of nitro groups is 1. The maximum Gasteiger partial charge on any atom is 0.275 e. The molecule has 1 aromatic carbocycles. The molecule has 0 amide bonds. The quantitative estimate of drug-likeness (QED) is 0.320. The van der Waals surface area contributed by atoms with E-state index in [0.717, 1.165) is 0 Å². The van der Waals surface area contributed by atoms with E-state index in [1.807, 2.05) is 0 Å². The van der Waals surface area contributed by atoms with Crippen LogP contribution in [0.2, 0.25) is 0 Å². The molecule has 0 unspecified atom stereocenters. The van der Waals surface area contributed by atoms with Crippen molar-refractivity contribution in [2.45, 2.75) is 18.6 Å². The summed E-state index contributed by atoms with van der Waals surface area (Å²) in [5, 5.41) is 11.0. The first-order chi connectivity index (χ1) is 9.81. The number of H-pyrrole nitrogens is 1. The summed E-state index contributed by atoms with van der Waals surface area (Å²) in [5.41, 5.74) is 1.46. The Hall–Kier alpha value is -1.65. The van der Waals surface area contributed by atoms with Crippen LogP contribution in [-0.2, 0) is 22.3 Å². The Morgan fingerprint density at radius 2 is 2.14 bits per heavy atom. The second kappa shape index (κ2) is 6.00. The van der Waals surface area contributed by atoms with Gasteiger partial charge < -0.3 is 4.98 Å². The molecule has 2 aromatic rings. The Bertz CT molecular complexity index is 784. The molecule has 0 bridgehead atoms. The van der Waals surface area contributed by atoms with E-state index in [0.29, 0.717) is 28.8 Å². The lowest BCUT2D eigenvalue weighted by molar-refractivity contribution is -0.385. The Balaban J connectivity index is 2.31. The number of hydrogen-bond acceptors (Lipinski definition) is 6. The van der Waals surface area contributed by atoms with Crippen molar-refractivity contribution < 1.29 is 17.9 Å². The standard InChI is InChI=1S/C11H13N3O5S2/c15-14(16)9-4-3-8-11(7(9)6-20)13-10(12-8)2-1-5-21(17,18)19/h3-4,20H,1-2,5-6H2,(H,12,13)(H,17,18,19). The number of nitrogens with one attached hydrogen (secondary N) is 1. The van der Waals surface area contributed by atoms with Crippen molar-refractivity contribution >= 4 is 39.5 Å². The number of imidazole rings is 1. The minimum absolute atomic E-state index is 0.0477. The summed E-state index contributed by atoms with van der Waals surface area (Å²) >= 11 is 4.10. The van der Waals surface area contributed by atoms with Crippen molar-refractivity contribution in [1.29, 1.82) is 0 Å². The first-order valence-corrected chi connectivity index (χ1v) is 8.27. The number of rotatable bonds is 6. The molecule has 0 fully saturated rings. The Kier molecular flexibility index (Phi) is 4.49. The average Bonchev–Trinajstić information content (AvgIpc) is 2.78. The minimum Gasteiger partial charge on any atom is -0.342 e. The Morgan fingerprint density at radius 1 is 1.43 bits per heavy atom. The second-order valence-electron chi connectivity index (χ2n) is 4.45. The topological polar surface area (TPSA) is 126 Å². The summed E-state index contributed by atoms with van der Waals surface area (Å²) in [4.78, 5) is 17.7. The summed E-state index contributed by atoms with van der Waals surface area (Å²) < 4.78 is 30.0. The van der Waals surface area contributed by atoms with E-state index in [9.17, 15) is 18.5 Å². The van der Waals surface area contributed by atoms with Gasteiger partial charge in [-0.2, -0.15) is 21.0 Å². The molecular weight excluding hydrogens is 318 g/mol. The molecular formula is C11H13N3O5S2. The van der Waals surface area contributed by atoms with Crippen molar-refractivity contribution in [3.05, 3.63) is 33.6 Å². The monoisotopic (exact) mass is 331 g/mol. The molecule has 0 atom stereocenters.